The van der Waals surface area contributed by atoms with Crippen LogP contribution in [0.5, 0.6) is 0 Å². The summed E-state index contributed by atoms with van der Waals surface area (Å²) in [6.07, 6.45) is 6.54. The molecule has 0 nitrogen and oxygen atoms in total. The SMILES string of the molecule is BrCCCCC(Br)CCCBr. The highest BCUT2D eigenvalue weighted by molar-refractivity contribution is 9.09. The van der Waals surface area contributed by atoms with Gasteiger partial charge in [-0.05, 0) is 25.7 Å². The smallest absolute Gasteiger partial charge is 0.0146 e. The van der Waals surface area contributed by atoms with Crippen molar-refractivity contribution < 1.29 is 0 Å². The molecule has 0 aromatic carbocycles. The van der Waals surface area contributed by atoms with E-state index in [0.29, 0.717) is 0 Å². The summed E-state index contributed by atoms with van der Waals surface area (Å²) in [5.41, 5.74) is 0. The number of halogens is 3. The first-order valence-corrected chi connectivity index (χ1v) is 7.23. The summed E-state index contributed by atoms with van der Waals surface area (Å²) in [5.74, 6) is 0. The maximum atomic E-state index is 3.67. The Kier molecular flexibility index (Phi) is 10.8. The first kappa shape index (κ1) is 12.4. The molecule has 3 heteroatoms. The average Bonchev–Trinajstić information content (AvgIpc) is 2.01. The molecule has 0 N–H and O–H groups in total. The van der Waals surface area contributed by atoms with Crippen LogP contribution >= 0.6 is 47.8 Å². The number of alkyl halides is 3. The summed E-state index contributed by atoms with van der Waals surface area (Å²) in [4.78, 5) is 0.735. The van der Waals surface area contributed by atoms with Crippen molar-refractivity contribution >= 4 is 47.8 Å². The molecule has 0 saturated heterocycles. The van der Waals surface area contributed by atoms with Gasteiger partial charge in [-0.1, -0.05) is 54.2 Å². The van der Waals surface area contributed by atoms with Gasteiger partial charge in [0.1, 0.15) is 0 Å². The minimum absolute atomic E-state index is 0.735. The van der Waals surface area contributed by atoms with Crippen LogP contribution in [0.2, 0.25) is 0 Å². The van der Waals surface area contributed by atoms with Gasteiger partial charge in [-0.15, -0.1) is 0 Å². The van der Waals surface area contributed by atoms with Crippen LogP contribution in [0, 0.1) is 0 Å². The van der Waals surface area contributed by atoms with Gasteiger partial charge in [0, 0.05) is 15.5 Å². The van der Waals surface area contributed by atoms with Crippen LogP contribution in [0.3, 0.4) is 0 Å². The van der Waals surface area contributed by atoms with Crippen LogP contribution in [0.4, 0.5) is 0 Å². The minimum Gasteiger partial charge on any atom is -0.0928 e. The lowest BCUT2D eigenvalue weighted by molar-refractivity contribution is 0.653. The molecule has 0 aliphatic carbocycles. The second kappa shape index (κ2) is 9.53. The number of rotatable bonds is 7. The van der Waals surface area contributed by atoms with Gasteiger partial charge in [0.15, 0.2) is 0 Å². The molecule has 0 fully saturated rings. The quantitative estimate of drug-likeness (QED) is 0.469. The highest BCUT2D eigenvalue weighted by atomic mass is 79.9. The van der Waals surface area contributed by atoms with Crippen LogP contribution in [-0.2, 0) is 0 Å². The van der Waals surface area contributed by atoms with Crippen molar-refractivity contribution in [1.29, 1.82) is 0 Å². The monoisotopic (exact) mass is 348 g/mol. The zero-order valence-corrected chi connectivity index (χ0v) is 11.4. The lowest BCUT2D eigenvalue weighted by atomic mass is 10.1. The van der Waals surface area contributed by atoms with E-state index >= 15 is 0 Å². The fourth-order valence-corrected chi connectivity index (χ4v) is 2.27. The van der Waals surface area contributed by atoms with Gasteiger partial charge in [0.25, 0.3) is 0 Å². The molecule has 0 heterocycles. The third-order valence-electron chi connectivity index (χ3n) is 1.55. The molecule has 1 atom stereocenters. The standard InChI is InChI=1S/C8H15Br3/c9-6-2-1-4-8(11)5-3-7-10/h8H,1-7H2. The summed E-state index contributed by atoms with van der Waals surface area (Å²) >= 11 is 10.5. The molecular weight excluding hydrogens is 336 g/mol. The van der Waals surface area contributed by atoms with E-state index in [1.807, 2.05) is 0 Å². The van der Waals surface area contributed by atoms with Gasteiger partial charge < -0.3 is 0 Å². The summed E-state index contributed by atoms with van der Waals surface area (Å²) in [5, 5.41) is 2.28. The molecule has 0 spiro atoms. The van der Waals surface area contributed by atoms with Gasteiger partial charge in [-0.3, -0.25) is 0 Å². The maximum absolute atomic E-state index is 3.67. The summed E-state index contributed by atoms with van der Waals surface area (Å²) in [6, 6.07) is 0. The molecule has 0 amide bonds. The third kappa shape index (κ3) is 9.35. The second-order valence-corrected chi connectivity index (χ2v) is 5.49. The molecule has 0 saturated carbocycles. The van der Waals surface area contributed by atoms with Gasteiger partial charge >= 0.3 is 0 Å². The molecule has 1 unspecified atom stereocenters. The van der Waals surface area contributed by atoms with Crippen LogP contribution in [-0.4, -0.2) is 15.5 Å². The Morgan fingerprint density at radius 1 is 0.818 bits per heavy atom. The molecule has 0 radical (unpaired) electrons. The van der Waals surface area contributed by atoms with E-state index in [2.05, 4.69) is 47.8 Å². The minimum atomic E-state index is 0.735. The summed E-state index contributed by atoms with van der Waals surface area (Å²) < 4.78 is 0. The summed E-state index contributed by atoms with van der Waals surface area (Å²) in [6.45, 7) is 0. The highest BCUT2D eigenvalue weighted by Gasteiger charge is 2.01. The predicted molar refractivity (Wildman–Crippen MR) is 63.4 cm³/mol. The zero-order valence-electron chi connectivity index (χ0n) is 6.66. The number of hydrogen-bond donors (Lipinski definition) is 0. The van der Waals surface area contributed by atoms with Crippen LogP contribution < -0.4 is 0 Å². The molecular formula is C8H15Br3. The van der Waals surface area contributed by atoms with E-state index < -0.39 is 0 Å². The predicted octanol–water partition coefficient (Wildman–Crippen LogP) is 4.49. The zero-order chi connectivity index (χ0) is 8.53. The molecule has 0 aliphatic heterocycles. The molecule has 0 bridgehead atoms. The van der Waals surface area contributed by atoms with Crippen molar-refractivity contribution in [2.24, 2.45) is 0 Å². The Hall–Kier alpha value is 1.44. The molecule has 0 aromatic heterocycles. The summed E-state index contributed by atoms with van der Waals surface area (Å²) in [7, 11) is 0. The third-order valence-corrected chi connectivity index (χ3v) is 3.59. The topological polar surface area (TPSA) is 0 Å². The normalized spacial score (nSPS) is 13.4. The fraction of sp³-hybridized carbons (Fsp3) is 1.00. The van der Waals surface area contributed by atoms with Crippen molar-refractivity contribution in [3.8, 4) is 0 Å². The van der Waals surface area contributed by atoms with E-state index in [4.69, 9.17) is 0 Å². The van der Waals surface area contributed by atoms with Crippen LogP contribution in [0.1, 0.15) is 32.1 Å². The van der Waals surface area contributed by atoms with Gasteiger partial charge in [-0.2, -0.15) is 0 Å². The molecule has 11 heavy (non-hydrogen) atoms. The van der Waals surface area contributed by atoms with Crippen molar-refractivity contribution in [2.45, 2.75) is 36.9 Å². The number of hydrogen-bond acceptors (Lipinski definition) is 0. The maximum Gasteiger partial charge on any atom is 0.0146 e. The molecule has 0 aromatic rings. The largest absolute Gasteiger partial charge is 0.0928 e. The first-order valence-electron chi connectivity index (χ1n) is 4.07. The Labute approximate surface area is 94.9 Å². The van der Waals surface area contributed by atoms with E-state index in [9.17, 15) is 0 Å². The van der Waals surface area contributed by atoms with Crippen LogP contribution in [0.15, 0.2) is 0 Å². The lowest BCUT2D eigenvalue weighted by Gasteiger charge is -2.06. The van der Waals surface area contributed by atoms with E-state index in [-0.39, 0.29) is 0 Å². The first-order chi connectivity index (χ1) is 5.31. The van der Waals surface area contributed by atoms with E-state index in [0.717, 1.165) is 15.5 Å². The molecule has 0 aliphatic rings. The average molecular weight is 351 g/mol. The Balaban J connectivity index is 3.02. The highest BCUT2D eigenvalue weighted by Crippen LogP contribution is 2.16. The lowest BCUT2D eigenvalue weighted by Crippen LogP contribution is -1.97. The molecule has 0 rings (SSSR count). The Morgan fingerprint density at radius 3 is 1.91 bits per heavy atom. The van der Waals surface area contributed by atoms with E-state index in [1.54, 1.807) is 0 Å². The number of unbranched alkanes of at least 4 members (excludes halogenated alkanes) is 1. The van der Waals surface area contributed by atoms with Crippen molar-refractivity contribution in [1.82, 2.24) is 0 Å². The van der Waals surface area contributed by atoms with Gasteiger partial charge in [0.2, 0.25) is 0 Å². The molecule has 68 valence electrons. The second-order valence-electron chi connectivity index (χ2n) is 2.61. The van der Waals surface area contributed by atoms with Crippen molar-refractivity contribution in [3.63, 3.8) is 0 Å². The fourth-order valence-electron chi connectivity index (χ4n) is 0.903. The van der Waals surface area contributed by atoms with E-state index in [1.165, 1.54) is 32.1 Å². The van der Waals surface area contributed by atoms with Gasteiger partial charge in [-0.25, -0.2) is 0 Å². The van der Waals surface area contributed by atoms with Crippen molar-refractivity contribution in [2.75, 3.05) is 10.7 Å². The Morgan fingerprint density at radius 2 is 1.36 bits per heavy atom. The van der Waals surface area contributed by atoms with Crippen LogP contribution in [0.25, 0.3) is 0 Å². The van der Waals surface area contributed by atoms with Gasteiger partial charge in [0.05, 0.1) is 0 Å². The van der Waals surface area contributed by atoms with Crippen molar-refractivity contribution in [3.05, 3.63) is 0 Å². The Bertz CT molecular complexity index is 75.7.